The van der Waals surface area contributed by atoms with Crippen molar-refractivity contribution in [2.45, 2.75) is 25.7 Å². The molecule has 0 amide bonds. The molecule has 0 aromatic heterocycles. The molecule has 0 N–H and O–H groups in total. The lowest BCUT2D eigenvalue weighted by Gasteiger charge is -2.06. The van der Waals surface area contributed by atoms with E-state index in [9.17, 15) is 0 Å². The van der Waals surface area contributed by atoms with E-state index in [0.29, 0.717) is 13.2 Å². The van der Waals surface area contributed by atoms with E-state index in [4.69, 9.17) is 19.2 Å². The van der Waals surface area contributed by atoms with Gasteiger partial charge in [-0.2, -0.15) is 0 Å². The minimum absolute atomic E-state index is 0.606. The Balaban J connectivity index is 1.48. The van der Waals surface area contributed by atoms with Gasteiger partial charge in [0, 0.05) is 0 Å². The van der Waals surface area contributed by atoms with Crippen molar-refractivity contribution in [3.05, 3.63) is 59.7 Å². The summed E-state index contributed by atoms with van der Waals surface area (Å²) in [5, 5.41) is 0. The molecule has 4 heteroatoms. The zero-order valence-electron chi connectivity index (χ0n) is 14.5. The van der Waals surface area contributed by atoms with Crippen molar-refractivity contribution in [2.24, 2.45) is 0 Å². The van der Waals surface area contributed by atoms with Crippen molar-refractivity contribution in [1.82, 2.24) is 0 Å². The van der Waals surface area contributed by atoms with Gasteiger partial charge in [-0.05, 0) is 61.1 Å². The molecule has 0 unspecified atom stereocenters. The van der Waals surface area contributed by atoms with Gasteiger partial charge in [-0.25, -0.2) is 9.78 Å². The Labute approximate surface area is 144 Å². The fourth-order valence-electron chi connectivity index (χ4n) is 2.37. The Morgan fingerprint density at radius 2 is 0.958 bits per heavy atom. The highest BCUT2D eigenvalue weighted by Gasteiger charge is 1.98. The fraction of sp³-hybridized carbons (Fsp3) is 0.400. The molecule has 0 spiro atoms. The summed E-state index contributed by atoms with van der Waals surface area (Å²) in [6, 6.07) is 16.2. The highest BCUT2D eigenvalue weighted by atomic mass is 17.2. The molecule has 2 aromatic rings. The van der Waals surface area contributed by atoms with E-state index in [1.165, 1.54) is 11.1 Å². The van der Waals surface area contributed by atoms with Gasteiger partial charge in [0.2, 0.25) is 0 Å². The number of benzene rings is 2. The lowest BCUT2D eigenvalue weighted by Crippen LogP contribution is -2.01. The predicted octanol–water partition coefficient (Wildman–Crippen LogP) is 4.22. The highest BCUT2D eigenvalue weighted by Crippen LogP contribution is 2.13. The summed E-state index contributed by atoms with van der Waals surface area (Å²) in [6.07, 6.45) is 3.81. The van der Waals surface area contributed by atoms with Gasteiger partial charge in [0.05, 0.1) is 27.4 Å². The summed E-state index contributed by atoms with van der Waals surface area (Å²) in [5.74, 6) is 1.77. The third-order valence-corrected chi connectivity index (χ3v) is 3.79. The van der Waals surface area contributed by atoms with Gasteiger partial charge in [0.15, 0.2) is 0 Å². The standard InChI is InChI=1S/C20H26O4/c1-21-19-11-7-17(8-12-19)5-3-15-23-24-16-4-6-18-9-13-20(22-2)14-10-18/h7-14H,3-6,15-16H2,1-2H3. The van der Waals surface area contributed by atoms with Gasteiger partial charge >= 0.3 is 0 Å². The van der Waals surface area contributed by atoms with Crippen molar-refractivity contribution < 1.29 is 19.2 Å². The number of hydrogen-bond acceptors (Lipinski definition) is 4. The molecule has 0 saturated carbocycles. The van der Waals surface area contributed by atoms with Crippen LogP contribution >= 0.6 is 0 Å². The first-order chi connectivity index (χ1) is 11.8. The molecule has 0 radical (unpaired) electrons. The molecular weight excluding hydrogens is 304 g/mol. The molecule has 0 bridgehead atoms. The van der Waals surface area contributed by atoms with Crippen LogP contribution in [-0.4, -0.2) is 27.4 Å². The van der Waals surface area contributed by atoms with E-state index in [1.807, 2.05) is 24.3 Å². The second-order valence-corrected chi connectivity index (χ2v) is 5.55. The van der Waals surface area contributed by atoms with Crippen LogP contribution in [0.4, 0.5) is 0 Å². The Bertz CT molecular complexity index is 510. The average Bonchev–Trinajstić information content (AvgIpc) is 2.65. The van der Waals surface area contributed by atoms with Crippen molar-refractivity contribution in [3.8, 4) is 11.5 Å². The Morgan fingerprint density at radius 1 is 0.583 bits per heavy atom. The molecule has 0 saturated heterocycles. The smallest absolute Gasteiger partial charge is 0.118 e. The molecule has 0 aliphatic carbocycles. The maximum absolute atomic E-state index is 5.23. The predicted molar refractivity (Wildman–Crippen MR) is 94.5 cm³/mol. The Hall–Kier alpha value is -2.04. The molecule has 0 aliphatic rings. The van der Waals surface area contributed by atoms with E-state index >= 15 is 0 Å². The van der Waals surface area contributed by atoms with Gasteiger partial charge < -0.3 is 9.47 Å². The molecule has 130 valence electrons. The molecule has 4 nitrogen and oxygen atoms in total. The van der Waals surface area contributed by atoms with Crippen LogP contribution in [0.15, 0.2) is 48.5 Å². The minimum Gasteiger partial charge on any atom is -0.497 e. The van der Waals surface area contributed by atoms with E-state index in [2.05, 4.69) is 24.3 Å². The molecule has 2 aromatic carbocycles. The summed E-state index contributed by atoms with van der Waals surface area (Å²) in [6.45, 7) is 1.21. The Morgan fingerprint density at radius 3 is 1.29 bits per heavy atom. The third-order valence-electron chi connectivity index (χ3n) is 3.79. The zero-order valence-corrected chi connectivity index (χ0v) is 14.5. The zero-order chi connectivity index (χ0) is 17.0. The summed E-state index contributed by atoms with van der Waals surface area (Å²) in [5.41, 5.74) is 2.55. The van der Waals surface area contributed by atoms with Crippen LogP contribution in [0.2, 0.25) is 0 Å². The summed E-state index contributed by atoms with van der Waals surface area (Å²) in [7, 11) is 3.35. The minimum atomic E-state index is 0.606. The molecule has 0 aliphatic heterocycles. The highest BCUT2D eigenvalue weighted by molar-refractivity contribution is 5.27. The topological polar surface area (TPSA) is 36.9 Å². The lowest BCUT2D eigenvalue weighted by molar-refractivity contribution is -0.294. The third kappa shape index (κ3) is 6.60. The molecule has 2 rings (SSSR count). The van der Waals surface area contributed by atoms with Gasteiger partial charge in [0.1, 0.15) is 11.5 Å². The largest absolute Gasteiger partial charge is 0.497 e. The van der Waals surface area contributed by atoms with Gasteiger partial charge in [-0.15, -0.1) is 0 Å². The SMILES string of the molecule is COc1ccc(CCCOOCCCc2ccc(OC)cc2)cc1. The van der Waals surface area contributed by atoms with E-state index < -0.39 is 0 Å². The van der Waals surface area contributed by atoms with Crippen molar-refractivity contribution in [3.63, 3.8) is 0 Å². The summed E-state index contributed by atoms with van der Waals surface area (Å²) >= 11 is 0. The van der Waals surface area contributed by atoms with Crippen LogP contribution in [0.1, 0.15) is 24.0 Å². The van der Waals surface area contributed by atoms with Crippen molar-refractivity contribution in [1.29, 1.82) is 0 Å². The number of aryl methyl sites for hydroxylation is 2. The first-order valence-electron chi connectivity index (χ1n) is 8.32. The van der Waals surface area contributed by atoms with Gasteiger partial charge in [-0.3, -0.25) is 0 Å². The molecular formula is C20H26O4. The number of methoxy groups -OCH3 is 2. The van der Waals surface area contributed by atoms with Gasteiger partial charge in [-0.1, -0.05) is 24.3 Å². The number of hydrogen-bond donors (Lipinski definition) is 0. The van der Waals surface area contributed by atoms with Crippen LogP contribution in [0.3, 0.4) is 0 Å². The second kappa shape index (κ2) is 10.7. The van der Waals surface area contributed by atoms with Gasteiger partial charge in [0.25, 0.3) is 0 Å². The maximum atomic E-state index is 5.23. The van der Waals surface area contributed by atoms with E-state index in [-0.39, 0.29) is 0 Å². The van der Waals surface area contributed by atoms with Crippen LogP contribution in [-0.2, 0) is 22.6 Å². The normalized spacial score (nSPS) is 10.6. The molecule has 0 atom stereocenters. The number of ether oxygens (including phenoxy) is 2. The van der Waals surface area contributed by atoms with E-state index in [1.54, 1.807) is 14.2 Å². The van der Waals surface area contributed by atoms with Crippen LogP contribution in [0.25, 0.3) is 0 Å². The Kier molecular flexibility index (Phi) is 8.15. The summed E-state index contributed by atoms with van der Waals surface area (Å²) in [4.78, 5) is 10.5. The first kappa shape index (κ1) is 18.3. The van der Waals surface area contributed by atoms with Crippen LogP contribution in [0, 0.1) is 0 Å². The molecule has 0 heterocycles. The molecule has 0 fully saturated rings. The average molecular weight is 330 g/mol. The monoisotopic (exact) mass is 330 g/mol. The van der Waals surface area contributed by atoms with Crippen LogP contribution < -0.4 is 9.47 Å². The second-order valence-electron chi connectivity index (χ2n) is 5.55. The first-order valence-corrected chi connectivity index (χ1v) is 8.32. The lowest BCUT2D eigenvalue weighted by atomic mass is 10.1. The van der Waals surface area contributed by atoms with E-state index in [0.717, 1.165) is 37.2 Å². The molecule has 24 heavy (non-hydrogen) atoms. The quantitative estimate of drug-likeness (QED) is 0.351. The summed E-state index contributed by atoms with van der Waals surface area (Å²) < 4.78 is 10.3. The maximum Gasteiger partial charge on any atom is 0.118 e. The van der Waals surface area contributed by atoms with Crippen molar-refractivity contribution >= 4 is 0 Å². The number of rotatable bonds is 11. The fourth-order valence-corrected chi connectivity index (χ4v) is 2.37. The van der Waals surface area contributed by atoms with Crippen LogP contribution in [0.5, 0.6) is 11.5 Å². The van der Waals surface area contributed by atoms with Crippen molar-refractivity contribution in [2.75, 3.05) is 27.4 Å².